The van der Waals surface area contributed by atoms with Crippen molar-refractivity contribution in [3.8, 4) is 0 Å². The predicted octanol–water partition coefficient (Wildman–Crippen LogP) is 2.23. The highest BCUT2D eigenvalue weighted by molar-refractivity contribution is 5.92. The largest absolute Gasteiger partial charge is 0.387 e. The van der Waals surface area contributed by atoms with Gasteiger partial charge in [-0.05, 0) is 30.8 Å². The zero-order valence-corrected chi connectivity index (χ0v) is 12.7. The Bertz CT molecular complexity index is 689. The molecule has 3 N–H and O–H groups in total. The van der Waals surface area contributed by atoms with E-state index in [-0.39, 0.29) is 12.1 Å². The lowest BCUT2D eigenvalue weighted by atomic mass is 10.1. The number of aliphatic hydroxyl groups excluding tert-OH is 1. The first-order chi connectivity index (χ1) is 10.9. The summed E-state index contributed by atoms with van der Waals surface area (Å²) in [6, 6.07) is 9.89. The van der Waals surface area contributed by atoms with Crippen molar-refractivity contribution >= 4 is 5.91 Å². The summed E-state index contributed by atoms with van der Waals surface area (Å²) in [4.78, 5) is 12.8. The van der Waals surface area contributed by atoms with Gasteiger partial charge < -0.3 is 10.8 Å². The molecular weight excluding hydrogens is 302 g/mol. The summed E-state index contributed by atoms with van der Waals surface area (Å²) in [5, 5.41) is 10.1. The molecule has 1 amide bonds. The molecule has 2 rings (SSSR count). The van der Waals surface area contributed by atoms with Gasteiger partial charge in [-0.1, -0.05) is 18.2 Å². The van der Waals surface area contributed by atoms with Gasteiger partial charge in [0, 0.05) is 30.3 Å². The van der Waals surface area contributed by atoms with Gasteiger partial charge in [0.1, 0.15) is 11.6 Å². The maximum atomic E-state index is 13.6. The smallest absolute Gasteiger partial charge is 0.248 e. The van der Waals surface area contributed by atoms with Crippen LogP contribution >= 0.6 is 0 Å². The van der Waals surface area contributed by atoms with Crippen molar-refractivity contribution < 1.29 is 18.7 Å². The summed E-state index contributed by atoms with van der Waals surface area (Å²) in [7, 11) is 1.77. The third-order valence-corrected chi connectivity index (χ3v) is 3.50. The number of primary amides is 1. The third-order valence-electron chi connectivity index (χ3n) is 3.50. The van der Waals surface area contributed by atoms with E-state index >= 15 is 0 Å². The molecule has 0 radical (unpaired) electrons. The number of aliphatic hydroxyl groups is 1. The third kappa shape index (κ3) is 4.58. The second-order valence-electron chi connectivity index (χ2n) is 5.44. The van der Waals surface area contributed by atoms with Gasteiger partial charge in [0.25, 0.3) is 0 Å². The zero-order chi connectivity index (χ0) is 17.0. The van der Waals surface area contributed by atoms with Crippen LogP contribution < -0.4 is 5.73 Å². The number of benzene rings is 2. The zero-order valence-electron chi connectivity index (χ0n) is 12.7. The molecule has 2 aromatic rings. The molecule has 0 fully saturated rings. The molecular formula is C17H18F2N2O2. The van der Waals surface area contributed by atoms with E-state index < -0.39 is 23.6 Å². The van der Waals surface area contributed by atoms with E-state index in [4.69, 9.17) is 5.73 Å². The predicted molar refractivity (Wildman–Crippen MR) is 82.6 cm³/mol. The molecule has 122 valence electrons. The Morgan fingerprint density at radius 3 is 2.43 bits per heavy atom. The lowest BCUT2D eigenvalue weighted by Crippen LogP contribution is -2.24. The summed E-state index contributed by atoms with van der Waals surface area (Å²) in [5.74, 6) is -1.94. The number of nitrogens with zero attached hydrogens (tertiary/aromatic N) is 1. The molecule has 0 saturated heterocycles. The van der Waals surface area contributed by atoms with E-state index in [1.807, 2.05) is 0 Å². The van der Waals surface area contributed by atoms with Gasteiger partial charge >= 0.3 is 0 Å². The van der Waals surface area contributed by atoms with E-state index in [2.05, 4.69) is 0 Å². The van der Waals surface area contributed by atoms with E-state index in [0.717, 1.165) is 17.7 Å². The highest BCUT2D eigenvalue weighted by Gasteiger charge is 2.15. The summed E-state index contributed by atoms with van der Waals surface area (Å²) < 4.78 is 26.5. The van der Waals surface area contributed by atoms with Crippen LogP contribution in [0.1, 0.15) is 27.6 Å². The normalized spacial score (nSPS) is 12.4. The summed E-state index contributed by atoms with van der Waals surface area (Å²) >= 11 is 0. The lowest BCUT2D eigenvalue weighted by Gasteiger charge is -2.21. The Hall–Kier alpha value is -2.31. The summed E-state index contributed by atoms with van der Waals surface area (Å²) in [6.45, 7) is 0.680. The van der Waals surface area contributed by atoms with E-state index in [0.29, 0.717) is 12.1 Å². The van der Waals surface area contributed by atoms with Crippen LogP contribution in [0.5, 0.6) is 0 Å². The van der Waals surface area contributed by atoms with Gasteiger partial charge in [-0.25, -0.2) is 8.78 Å². The number of likely N-dealkylation sites (N-methyl/N-ethyl adjacent to an activating group) is 1. The standard InChI is InChI=1S/C17H18F2N2O2/c1-21(9-11-2-4-12(5-3-11)17(20)23)10-16(22)14-7-6-13(18)8-15(14)19/h2-8,16,22H,9-10H2,1H3,(H2,20,23)/t16-/m1/s1. The number of amides is 1. The van der Waals surface area contributed by atoms with Crippen LogP contribution in [-0.2, 0) is 6.54 Å². The monoisotopic (exact) mass is 320 g/mol. The maximum absolute atomic E-state index is 13.6. The molecule has 0 spiro atoms. The Labute approximate surface area is 133 Å². The fraction of sp³-hybridized carbons (Fsp3) is 0.235. The minimum atomic E-state index is -1.06. The number of carbonyl (C=O) groups is 1. The Morgan fingerprint density at radius 2 is 1.87 bits per heavy atom. The molecule has 0 aromatic heterocycles. The van der Waals surface area contributed by atoms with Crippen molar-refractivity contribution in [1.29, 1.82) is 0 Å². The quantitative estimate of drug-likeness (QED) is 0.858. The topological polar surface area (TPSA) is 66.6 Å². The van der Waals surface area contributed by atoms with Crippen molar-refractivity contribution in [1.82, 2.24) is 4.90 Å². The van der Waals surface area contributed by atoms with Crippen molar-refractivity contribution in [3.63, 3.8) is 0 Å². The Kier molecular flexibility index (Phi) is 5.41. The van der Waals surface area contributed by atoms with Crippen molar-refractivity contribution in [3.05, 3.63) is 70.8 Å². The van der Waals surface area contributed by atoms with Crippen molar-refractivity contribution in [2.24, 2.45) is 5.73 Å². The van der Waals surface area contributed by atoms with Crippen LogP contribution in [0, 0.1) is 11.6 Å². The van der Waals surface area contributed by atoms with Crippen LogP contribution in [0.2, 0.25) is 0 Å². The fourth-order valence-corrected chi connectivity index (χ4v) is 2.32. The van der Waals surface area contributed by atoms with Crippen molar-refractivity contribution in [2.75, 3.05) is 13.6 Å². The average molecular weight is 320 g/mol. The van der Waals surface area contributed by atoms with Crippen molar-refractivity contribution in [2.45, 2.75) is 12.6 Å². The number of halogens is 2. The minimum Gasteiger partial charge on any atom is -0.387 e. The van der Waals surface area contributed by atoms with Crippen LogP contribution in [-0.4, -0.2) is 29.5 Å². The van der Waals surface area contributed by atoms with Gasteiger partial charge in [-0.3, -0.25) is 9.69 Å². The fourth-order valence-electron chi connectivity index (χ4n) is 2.32. The molecule has 4 nitrogen and oxygen atoms in total. The molecule has 6 heteroatoms. The first-order valence-electron chi connectivity index (χ1n) is 7.07. The number of hydrogen-bond acceptors (Lipinski definition) is 3. The van der Waals surface area contributed by atoms with Crippen LogP contribution in [0.15, 0.2) is 42.5 Å². The van der Waals surface area contributed by atoms with Gasteiger partial charge in [-0.15, -0.1) is 0 Å². The first-order valence-corrected chi connectivity index (χ1v) is 7.07. The molecule has 0 aliphatic heterocycles. The number of hydrogen-bond donors (Lipinski definition) is 2. The number of rotatable bonds is 6. The second kappa shape index (κ2) is 7.30. The second-order valence-corrected chi connectivity index (χ2v) is 5.44. The lowest BCUT2D eigenvalue weighted by molar-refractivity contribution is 0.100. The van der Waals surface area contributed by atoms with Crippen LogP contribution in [0.3, 0.4) is 0 Å². The molecule has 0 aliphatic carbocycles. The number of nitrogens with two attached hydrogens (primary N) is 1. The molecule has 0 aliphatic rings. The van der Waals surface area contributed by atoms with Gasteiger partial charge in [0.15, 0.2) is 0 Å². The molecule has 0 bridgehead atoms. The van der Waals surface area contributed by atoms with Gasteiger partial charge in [-0.2, -0.15) is 0 Å². The Balaban J connectivity index is 1.98. The molecule has 0 unspecified atom stereocenters. The van der Waals surface area contributed by atoms with Gasteiger partial charge in [0.2, 0.25) is 5.91 Å². The highest BCUT2D eigenvalue weighted by atomic mass is 19.1. The van der Waals surface area contributed by atoms with Crippen LogP contribution in [0.25, 0.3) is 0 Å². The molecule has 0 saturated carbocycles. The van der Waals surface area contributed by atoms with Gasteiger partial charge in [0.05, 0.1) is 6.10 Å². The SMILES string of the molecule is CN(Cc1ccc(C(N)=O)cc1)C[C@@H](O)c1ccc(F)cc1F. The van der Waals surface area contributed by atoms with E-state index in [1.54, 1.807) is 36.2 Å². The maximum Gasteiger partial charge on any atom is 0.248 e. The van der Waals surface area contributed by atoms with E-state index in [1.165, 1.54) is 6.07 Å². The Morgan fingerprint density at radius 1 is 1.22 bits per heavy atom. The number of carbonyl (C=O) groups excluding carboxylic acids is 1. The average Bonchev–Trinajstić information content (AvgIpc) is 2.47. The molecule has 1 atom stereocenters. The van der Waals surface area contributed by atoms with Crippen LogP contribution in [0.4, 0.5) is 8.78 Å². The molecule has 2 aromatic carbocycles. The highest BCUT2D eigenvalue weighted by Crippen LogP contribution is 2.19. The first kappa shape index (κ1) is 17.1. The molecule has 0 heterocycles. The van der Waals surface area contributed by atoms with E-state index in [9.17, 15) is 18.7 Å². The molecule has 23 heavy (non-hydrogen) atoms. The summed E-state index contributed by atoms with van der Waals surface area (Å²) in [5.41, 5.74) is 6.58. The summed E-state index contributed by atoms with van der Waals surface area (Å²) in [6.07, 6.45) is -1.06. The minimum absolute atomic E-state index is 0.0577.